The molecule has 11 rings (SSSR count). The smallest absolute Gasteiger partial charge is 0.164 e. The van der Waals surface area contributed by atoms with Crippen molar-refractivity contribution in [2.24, 2.45) is 0 Å². The van der Waals surface area contributed by atoms with Crippen molar-refractivity contribution < 1.29 is 0 Å². The molecule has 63 heavy (non-hydrogen) atoms. The van der Waals surface area contributed by atoms with Gasteiger partial charge < -0.3 is 4.57 Å². The second-order valence-corrected chi connectivity index (χ2v) is 15.5. The van der Waals surface area contributed by atoms with Crippen LogP contribution in [0.15, 0.2) is 224 Å². The fourth-order valence-corrected chi connectivity index (χ4v) is 8.61. The molecule has 0 saturated heterocycles. The van der Waals surface area contributed by atoms with Gasteiger partial charge in [0.15, 0.2) is 17.5 Å². The lowest BCUT2D eigenvalue weighted by Crippen LogP contribution is -2.04. The van der Waals surface area contributed by atoms with E-state index in [0.717, 1.165) is 88.7 Å². The molecule has 0 fully saturated rings. The van der Waals surface area contributed by atoms with Crippen LogP contribution in [0.1, 0.15) is 5.56 Å². The van der Waals surface area contributed by atoms with Crippen LogP contribution in [0.25, 0.3) is 106 Å². The van der Waals surface area contributed by atoms with Crippen LogP contribution in [0.2, 0.25) is 0 Å². The van der Waals surface area contributed by atoms with Gasteiger partial charge in [0, 0.05) is 38.6 Å². The zero-order valence-electron chi connectivity index (χ0n) is 34.1. The normalized spacial score (nSPS) is 11.2. The Bertz CT molecular complexity index is 3300. The van der Waals surface area contributed by atoms with Crippen molar-refractivity contribution in [1.82, 2.24) is 19.5 Å². The zero-order chi connectivity index (χ0) is 42.1. The minimum atomic E-state index is 0.569. The van der Waals surface area contributed by atoms with Gasteiger partial charge in [-0.1, -0.05) is 188 Å². The van der Waals surface area contributed by atoms with Crippen LogP contribution in [0.5, 0.6) is 0 Å². The van der Waals surface area contributed by atoms with Crippen molar-refractivity contribution >= 4 is 21.8 Å². The van der Waals surface area contributed by atoms with Gasteiger partial charge >= 0.3 is 0 Å². The van der Waals surface area contributed by atoms with Crippen molar-refractivity contribution in [2.45, 2.75) is 0 Å². The van der Waals surface area contributed by atoms with Gasteiger partial charge in [-0.2, -0.15) is 5.26 Å². The minimum Gasteiger partial charge on any atom is -0.308 e. The van der Waals surface area contributed by atoms with Gasteiger partial charge in [0.2, 0.25) is 0 Å². The van der Waals surface area contributed by atoms with Crippen molar-refractivity contribution in [3.05, 3.63) is 230 Å². The maximum absolute atomic E-state index is 10.0. The predicted octanol–water partition coefficient (Wildman–Crippen LogP) is 14.5. The summed E-state index contributed by atoms with van der Waals surface area (Å²) >= 11 is 0. The third-order valence-corrected chi connectivity index (χ3v) is 11.7. The van der Waals surface area contributed by atoms with E-state index in [1.54, 1.807) is 0 Å². The summed E-state index contributed by atoms with van der Waals surface area (Å²) in [5.74, 6) is 1.77. The molecule has 0 spiro atoms. The van der Waals surface area contributed by atoms with E-state index in [4.69, 9.17) is 15.0 Å². The maximum Gasteiger partial charge on any atom is 0.164 e. The molecule has 0 amide bonds. The molecule has 0 aliphatic rings. The molecule has 5 nitrogen and oxygen atoms in total. The number of nitrogens with zero attached hydrogens (tertiary/aromatic N) is 5. The molecule has 0 saturated carbocycles. The topological polar surface area (TPSA) is 67.4 Å². The second-order valence-electron chi connectivity index (χ2n) is 15.5. The first-order chi connectivity index (χ1) is 31.2. The Balaban J connectivity index is 1.24. The lowest BCUT2D eigenvalue weighted by molar-refractivity contribution is 1.07. The first-order valence-electron chi connectivity index (χ1n) is 21.0. The molecule has 2 heterocycles. The highest BCUT2D eigenvalue weighted by Crippen LogP contribution is 2.44. The highest BCUT2D eigenvalue weighted by Gasteiger charge is 2.23. The Morgan fingerprint density at radius 1 is 0.317 bits per heavy atom. The van der Waals surface area contributed by atoms with Gasteiger partial charge in [0.1, 0.15) is 0 Å². The quantitative estimate of drug-likeness (QED) is 0.153. The molecular formula is C58H37N5. The molecule has 0 aliphatic heterocycles. The second kappa shape index (κ2) is 16.0. The van der Waals surface area contributed by atoms with Crippen LogP contribution in [0.4, 0.5) is 0 Å². The van der Waals surface area contributed by atoms with Crippen molar-refractivity contribution in [3.8, 4) is 90.4 Å². The van der Waals surface area contributed by atoms with E-state index >= 15 is 0 Å². The number of rotatable bonds is 8. The Labute approximate surface area is 365 Å². The number of nitriles is 1. The van der Waals surface area contributed by atoms with Gasteiger partial charge in [0.05, 0.1) is 28.4 Å². The van der Waals surface area contributed by atoms with E-state index in [9.17, 15) is 5.26 Å². The van der Waals surface area contributed by atoms with Crippen LogP contribution in [0, 0.1) is 11.3 Å². The van der Waals surface area contributed by atoms with Crippen LogP contribution < -0.4 is 0 Å². The van der Waals surface area contributed by atoms with Crippen LogP contribution >= 0.6 is 0 Å². The lowest BCUT2D eigenvalue weighted by atomic mass is 9.91. The Kier molecular flexibility index (Phi) is 9.50. The zero-order valence-corrected chi connectivity index (χ0v) is 34.1. The molecule has 11 aromatic rings. The molecule has 5 heteroatoms. The molecule has 0 N–H and O–H groups in total. The first kappa shape index (κ1) is 37.3. The molecule has 0 radical (unpaired) electrons. The Hall–Kier alpha value is -8.72. The van der Waals surface area contributed by atoms with E-state index in [0.29, 0.717) is 23.0 Å². The van der Waals surface area contributed by atoms with Crippen LogP contribution in [-0.4, -0.2) is 19.5 Å². The minimum absolute atomic E-state index is 0.569. The summed E-state index contributed by atoms with van der Waals surface area (Å²) < 4.78 is 2.37. The largest absolute Gasteiger partial charge is 0.308 e. The summed E-state index contributed by atoms with van der Waals surface area (Å²) in [5.41, 5.74) is 15.0. The molecule has 294 valence electrons. The molecule has 0 bridgehead atoms. The SMILES string of the molecule is N#Cc1ccc2c(c1)c1ccccc1n2-c1c(-c2ccc(-c3ccccc3)cc2)cc(-c2nc(-c3ccccc3)nc(-c3ccccc3)n2)cc1-c1ccc(-c2ccccc2)cc1. The van der Waals surface area contributed by atoms with Crippen LogP contribution in [-0.2, 0) is 0 Å². The summed E-state index contributed by atoms with van der Waals surface area (Å²) in [6.07, 6.45) is 0. The highest BCUT2D eigenvalue weighted by atomic mass is 15.0. The van der Waals surface area contributed by atoms with Gasteiger partial charge in [-0.15, -0.1) is 0 Å². The third kappa shape index (κ3) is 7.02. The summed E-state index contributed by atoms with van der Waals surface area (Å²) in [7, 11) is 0. The number of fused-ring (bicyclic) bond motifs is 3. The van der Waals surface area contributed by atoms with E-state index in [1.165, 1.54) is 0 Å². The molecule has 0 unspecified atom stereocenters. The average Bonchev–Trinajstić information content (AvgIpc) is 3.70. The standard InChI is InChI=1S/C58H37N5/c59-38-39-25-34-54-52(35-39)49-23-13-14-24-53(49)63(54)55-50(44-30-26-42(27-31-44)40-15-5-1-6-16-40)36-48(37-51(55)45-32-28-43(29-33-45)41-17-7-2-8-18-41)58-61-56(46-19-9-3-10-20-46)60-57(62-58)47-21-11-4-12-22-47/h1-37H. The monoisotopic (exact) mass is 803 g/mol. The number of para-hydroxylation sites is 1. The fourth-order valence-electron chi connectivity index (χ4n) is 8.61. The van der Waals surface area contributed by atoms with Crippen LogP contribution in [0.3, 0.4) is 0 Å². The van der Waals surface area contributed by atoms with E-state index in [2.05, 4.69) is 150 Å². The van der Waals surface area contributed by atoms with Gasteiger partial charge in [-0.05, 0) is 69.8 Å². The van der Waals surface area contributed by atoms with Crippen molar-refractivity contribution in [1.29, 1.82) is 5.26 Å². The van der Waals surface area contributed by atoms with Crippen molar-refractivity contribution in [2.75, 3.05) is 0 Å². The fraction of sp³-hybridized carbons (Fsp3) is 0. The van der Waals surface area contributed by atoms with E-state index < -0.39 is 0 Å². The number of hydrogen-bond acceptors (Lipinski definition) is 4. The first-order valence-corrected chi connectivity index (χ1v) is 21.0. The third-order valence-electron chi connectivity index (χ3n) is 11.7. The molecule has 0 aliphatic carbocycles. The molecular weight excluding hydrogens is 767 g/mol. The van der Waals surface area contributed by atoms with Gasteiger partial charge in [0.25, 0.3) is 0 Å². The number of hydrogen-bond donors (Lipinski definition) is 0. The summed E-state index contributed by atoms with van der Waals surface area (Å²) in [6.45, 7) is 0. The number of benzene rings is 9. The highest BCUT2D eigenvalue weighted by molar-refractivity contribution is 6.11. The maximum atomic E-state index is 10.0. The Morgan fingerprint density at radius 3 is 1.17 bits per heavy atom. The lowest BCUT2D eigenvalue weighted by Gasteiger charge is -2.21. The Morgan fingerprint density at radius 2 is 0.698 bits per heavy atom. The van der Waals surface area contributed by atoms with Gasteiger partial charge in [-0.3, -0.25) is 0 Å². The van der Waals surface area contributed by atoms with Crippen molar-refractivity contribution in [3.63, 3.8) is 0 Å². The summed E-state index contributed by atoms with van der Waals surface area (Å²) in [6, 6.07) is 80.1. The molecule has 9 aromatic carbocycles. The van der Waals surface area contributed by atoms with Gasteiger partial charge in [-0.25, -0.2) is 15.0 Å². The summed E-state index contributed by atoms with van der Waals surface area (Å²) in [5, 5.41) is 12.1. The summed E-state index contributed by atoms with van der Waals surface area (Å²) in [4.78, 5) is 15.5. The van der Waals surface area contributed by atoms with E-state index in [-0.39, 0.29) is 0 Å². The van der Waals surface area contributed by atoms with E-state index in [1.807, 2.05) is 84.9 Å². The predicted molar refractivity (Wildman–Crippen MR) is 257 cm³/mol. The molecule has 0 atom stereocenters. The average molecular weight is 804 g/mol. The number of aromatic nitrogens is 4. The molecule has 2 aromatic heterocycles.